The lowest BCUT2D eigenvalue weighted by atomic mass is 9.68. The summed E-state index contributed by atoms with van der Waals surface area (Å²) in [5.74, 6) is -0.0651. The summed E-state index contributed by atoms with van der Waals surface area (Å²) in [6.07, 6.45) is 0.162. The fourth-order valence-corrected chi connectivity index (χ4v) is 7.87. The van der Waals surface area contributed by atoms with E-state index < -0.39 is 48.7 Å². The summed E-state index contributed by atoms with van der Waals surface area (Å²) in [5.41, 5.74) is 3.54. The summed E-state index contributed by atoms with van der Waals surface area (Å²) in [7, 11) is 0. The van der Waals surface area contributed by atoms with Crippen molar-refractivity contribution < 1.29 is 39.0 Å². The number of rotatable bonds is 6. The maximum absolute atomic E-state index is 12.1. The lowest BCUT2D eigenvalue weighted by Crippen LogP contribution is -2.65. The molecule has 2 aliphatic heterocycles. The molecule has 11 atom stereocenters. The highest BCUT2D eigenvalue weighted by Gasteiger charge is 2.54. The third-order valence-corrected chi connectivity index (χ3v) is 10.1. The highest BCUT2D eigenvalue weighted by atomic mass is 16.8. The summed E-state index contributed by atoms with van der Waals surface area (Å²) in [6.45, 7) is 17.4. The van der Waals surface area contributed by atoms with Gasteiger partial charge in [-0.15, -0.1) is 0 Å². The minimum Gasteiger partial charge on any atom is -0.390 e. The zero-order valence-electron chi connectivity index (χ0n) is 25.6. The van der Waals surface area contributed by atoms with Gasteiger partial charge in [-0.05, 0) is 76.7 Å². The molecule has 2 saturated heterocycles. The molecule has 40 heavy (non-hydrogen) atoms. The van der Waals surface area contributed by atoms with E-state index in [-0.39, 0.29) is 35.9 Å². The topological polar surface area (TPSA) is 107 Å². The Morgan fingerprint density at radius 3 is 2.42 bits per heavy atom. The fraction of sp³-hybridized carbons (Fsp3) is 0.875. The van der Waals surface area contributed by atoms with E-state index in [1.54, 1.807) is 13.8 Å². The zero-order valence-corrected chi connectivity index (χ0v) is 25.6. The smallest absolute Gasteiger partial charge is 0.187 e. The van der Waals surface area contributed by atoms with E-state index >= 15 is 0 Å². The van der Waals surface area contributed by atoms with Gasteiger partial charge >= 0.3 is 0 Å². The van der Waals surface area contributed by atoms with Crippen LogP contribution in [0.4, 0.5) is 0 Å². The molecule has 3 fully saturated rings. The number of fused-ring (bicyclic) bond motifs is 3. The van der Waals surface area contributed by atoms with Crippen molar-refractivity contribution in [3.8, 4) is 0 Å². The summed E-state index contributed by atoms with van der Waals surface area (Å²) < 4.78 is 30.6. The van der Waals surface area contributed by atoms with Crippen molar-refractivity contribution in [2.45, 2.75) is 136 Å². The normalized spacial score (nSPS) is 46.5. The van der Waals surface area contributed by atoms with Crippen LogP contribution in [0.5, 0.6) is 0 Å². The molecule has 2 heterocycles. The van der Waals surface area contributed by atoms with E-state index in [0.717, 1.165) is 31.3 Å². The van der Waals surface area contributed by atoms with Gasteiger partial charge in [0, 0.05) is 11.3 Å². The molecule has 0 amide bonds. The third kappa shape index (κ3) is 5.60. The monoisotopic (exact) mass is 564 g/mol. The summed E-state index contributed by atoms with van der Waals surface area (Å²) in [4.78, 5) is 0. The van der Waals surface area contributed by atoms with Crippen LogP contribution in [-0.4, -0.2) is 83.3 Å². The average molecular weight is 565 g/mol. The van der Waals surface area contributed by atoms with Crippen LogP contribution >= 0.6 is 0 Å². The quantitative estimate of drug-likeness (QED) is 0.414. The highest BCUT2D eigenvalue weighted by Crippen LogP contribution is 2.55. The first-order chi connectivity index (χ1) is 18.7. The van der Waals surface area contributed by atoms with E-state index in [4.69, 9.17) is 23.7 Å². The fourth-order valence-electron chi connectivity index (χ4n) is 7.87. The van der Waals surface area contributed by atoms with Crippen LogP contribution in [0.1, 0.15) is 81.1 Å². The van der Waals surface area contributed by atoms with Crippen LogP contribution in [0.3, 0.4) is 0 Å². The average Bonchev–Trinajstić information content (AvgIpc) is 3.43. The molecule has 8 nitrogen and oxygen atoms in total. The van der Waals surface area contributed by atoms with Gasteiger partial charge in [0.2, 0.25) is 0 Å². The first-order valence-corrected chi connectivity index (χ1v) is 15.5. The van der Waals surface area contributed by atoms with E-state index in [1.165, 1.54) is 11.1 Å². The van der Waals surface area contributed by atoms with Crippen molar-refractivity contribution in [3.63, 3.8) is 0 Å². The Kier molecular flexibility index (Phi) is 8.68. The second-order valence-corrected chi connectivity index (χ2v) is 14.1. The molecular formula is C32H52O8. The Bertz CT molecular complexity index is 985. The molecule has 0 aromatic carbocycles. The second-order valence-electron chi connectivity index (χ2n) is 14.1. The van der Waals surface area contributed by atoms with Gasteiger partial charge in [0.05, 0.1) is 25.4 Å². The van der Waals surface area contributed by atoms with Crippen LogP contribution < -0.4 is 0 Å². The van der Waals surface area contributed by atoms with Crippen molar-refractivity contribution in [2.24, 2.45) is 29.1 Å². The molecule has 0 aromatic rings. The molecule has 8 heteroatoms. The van der Waals surface area contributed by atoms with Crippen LogP contribution in [0.25, 0.3) is 0 Å². The Labute approximate surface area is 240 Å². The molecule has 0 bridgehead atoms. The van der Waals surface area contributed by atoms with Crippen LogP contribution in [0.2, 0.25) is 0 Å². The molecule has 0 unspecified atom stereocenters. The molecule has 3 aliphatic carbocycles. The van der Waals surface area contributed by atoms with E-state index in [9.17, 15) is 15.3 Å². The van der Waals surface area contributed by atoms with Crippen molar-refractivity contribution >= 4 is 0 Å². The Morgan fingerprint density at radius 1 is 1.02 bits per heavy atom. The number of allylic oxidation sites excluding steroid dienone is 2. The number of hydrogen-bond acceptors (Lipinski definition) is 8. The number of hydrogen-bond donors (Lipinski definition) is 3. The molecule has 3 N–H and O–H groups in total. The van der Waals surface area contributed by atoms with Crippen LogP contribution in [0.15, 0.2) is 22.8 Å². The molecule has 0 spiro atoms. The van der Waals surface area contributed by atoms with Crippen molar-refractivity contribution in [2.75, 3.05) is 13.2 Å². The van der Waals surface area contributed by atoms with Crippen LogP contribution in [-0.2, 0) is 23.7 Å². The van der Waals surface area contributed by atoms with Gasteiger partial charge in [-0.1, -0.05) is 44.9 Å². The summed E-state index contributed by atoms with van der Waals surface area (Å²) in [6, 6.07) is 0. The first kappa shape index (κ1) is 30.6. The third-order valence-electron chi connectivity index (χ3n) is 10.1. The molecule has 0 radical (unpaired) electrons. The van der Waals surface area contributed by atoms with Crippen LogP contribution in [0, 0.1) is 29.1 Å². The van der Waals surface area contributed by atoms with Gasteiger partial charge < -0.3 is 39.0 Å². The van der Waals surface area contributed by atoms with Crippen molar-refractivity contribution in [1.82, 2.24) is 0 Å². The van der Waals surface area contributed by atoms with E-state index in [2.05, 4.69) is 47.6 Å². The summed E-state index contributed by atoms with van der Waals surface area (Å²) >= 11 is 0. The molecule has 5 rings (SSSR count). The van der Waals surface area contributed by atoms with Gasteiger partial charge in [0.1, 0.15) is 30.5 Å². The minimum atomic E-state index is -1.32. The predicted octanol–water partition coefficient (Wildman–Crippen LogP) is 4.11. The standard InChI is InChI=1S/C32H52O8/c1-16(2)20-11-12-32(8)13-22-19(14-36-17(3)4)9-10-21(22)18(5)25(33)29(24(20)32)39-30-27(35)26(34)28-23(38-30)15-37-31(6,7)40-28/h13,16-19,21,23,25-30,33-35H,9-12,14-15H2,1-8H3/b22-13-/t18-,19-,21+,23-,25-,26-,27-,28-,29-,30-,32-/m1/s1. The molecular weight excluding hydrogens is 512 g/mol. The molecule has 5 aliphatic rings. The Hall–Kier alpha value is -0.840. The van der Waals surface area contributed by atoms with Gasteiger partial charge in [-0.25, -0.2) is 0 Å². The number of aliphatic hydroxyl groups excluding tert-OH is 3. The van der Waals surface area contributed by atoms with Crippen molar-refractivity contribution in [3.05, 3.63) is 22.8 Å². The number of ether oxygens (including phenoxy) is 5. The lowest BCUT2D eigenvalue weighted by molar-refractivity contribution is -0.387. The maximum Gasteiger partial charge on any atom is 0.187 e. The zero-order chi connectivity index (χ0) is 29.1. The van der Waals surface area contributed by atoms with Gasteiger partial charge in [0.15, 0.2) is 12.1 Å². The predicted molar refractivity (Wildman–Crippen MR) is 150 cm³/mol. The van der Waals surface area contributed by atoms with E-state index in [0.29, 0.717) is 12.5 Å². The second kappa shape index (κ2) is 11.3. The largest absolute Gasteiger partial charge is 0.390 e. The molecule has 1 saturated carbocycles. The lowest BCUT2D eigenvalue weighted by Gasteiger charge is -2.50. The molecule has 228 valence electrons. The first-order valence-electron chi connectivity index (χ1n) is 15.5. The van der Waals surface area contributed by atoms with Gasteiger partial charge in [-0.3, -0.25) is 0 Å². The van der Waals surface area contributed by atoms with E-state index in [1.807, 2.05) is 0 Å². The summed E-state index contributed by atoms with van der Waals surface area (Å²) in [5, 5.41) is 34.3. The van der Waals surface area contributed by atoms with Crippen molar-refractivity contribution in [1.29, 1.82) is 0 Å². The molecule has 0 aromatic heterocycles. The highest BCUT2D eigenvalue weighted by molar-refractivity contribution is 5.41. The van der Waals surface area contributed by atoms with Gasteiger partial charge in [-0.2, -0.15) is 0 Å². The Balaban J connectivity index is 1.49. The Morgan fingerprint density at radius 2 is 1.75 bits per heavy atom. The maximum atomic E-state index is 12.1. The number of aliphatic hydroxyl groups is 3. The SMILES string of the molecule is CC(C)OC[C@H]1CC[C@@H]2/C1=C\[C@@]1(C)CCC(C(C)C)=C1[C@@H](O[C@H]1O[C@@H]3COC(C)(C)O[C@H]3[C@H](O)[C@H]1O)[C@H](O)[C@@H]2C. The van der Waals surface area contributed by atoms with Gasteiger partial charge in [0.25, 0.3) is 0 Å². The minimum absolute atomic E-state index is 0.0630.